The van der Waals surface area contributed by atoms with Gasteiger partial charge in [-0.25, -0.2) is 4.79 Å². The van der Waals surface area contributed by atoms with Gasteiger partial charge >= 0.3 is 5.97 Å². The van der Waals surface area contributed by atoms with Crippen LogP contribution in [-0.2, 0) is 6.54 Å². The zero-order chi connectivity index (χ0) is 10.1. The van der Waals surface area contributed by atoms with E-state index in [1.807, 2.05) is 0 Å². The minimum atomic E-state index is -1.02. The molecule has 1 aromatic heterocycles. The number of hydrogen-bond acceptors (Lipinski definition) is 3. The molecule has 14 heavy (non-hydrogen) atoms. The van der Waals surface area contributed by atoms with Gasteiger partial charge in [0.15, 0.2) is 0 Å². The number of carboxylic acids is 1. The zero-order valence-corrected chi connectivity index (χ0v) is 7.99. The van der Waals surface area contributed by atoms with E-state index in [2.05, 4.69) is 12.2 Å². The average Bonchev–Trinajstić information content (AvgIpc) is 2.68. The number of carboxylic acid groups (broad SMARTS) is 1. The van der Waals surface area contributed by atoms with Crippen molar-refractivity contribution in [3.8, 4) is 0 Å². The Morgan fingerprint density at radius 2 is 2.43 bits per heavy atom. The largest absolute Gasteiger partial charge is 0.475 e. The summed E-state index contributed by atoms with van der Waals surface area (Å²) in [5, 5.41) is 11.9. The van der Waals surface area contributed by atoms with E-state index in [0.29, 0.717) is 18.3 Å². The summed E-state index contributed by atoms with van der Waals surface area (Å²) in [6, 6.07) is 3.76. The van der Waals surface area contributed by atoms with E-state index >= 15 is 0 Å². The molecule has 2 rings (SSSR count). The number of hydrogen-bond donors (Lipinski definition) is 2. The first-order chi connectivity index (χ1) is 6.66. The van der Waals surface area contributed by atoms with Crippen LogP contribution in [0.1, 0.15) is 29.7 Å². The standard InChI is InChI=1S/C10H13NO3/c1-6-4-8(6)11-5-7-2-3-9(14-7)10(12)13/h2-3,6,8,11H,4-5H2,1H3,(H,12,13). The molecule has 4 nitrogen and oxygen atoms in total. The predicted octanol–water partition coefficient (Wildman–Crippen LogP) is 1.48. The molecule has 2 N–H and O–H groups in total. The highest BCUT2D eigenvalue weighted by atomic mass is 16.4. The van der Waals surface area contributed by atoms with Crippen molar-refractivity contribution >= 4 is 5.97 Å². The lowest BCUT2D eigenvalue weighted by Gasteiger charge is -1.98. The fourth-order valence-corrected chi connectivity index (χ4v) is 1.43. The van der Waals surface area contributed by atoms with Crippen LogP contribution in [0.25, 0.3) is 0 Å². The summed E-state index contributed by atoms with van der Waals surface area (Å²) in [6.45, 7) is 2.80. The van der Waals surface area contributed by atoms with Crippen molar-refractivity contribution in [2.24, 2.45) is 5.92 Å². The van der Waals surface area contributed by atoms with Gasteiger partial charge in [-0.05, 0) is 24.5 Å². The molecule has 1 aromatic rings. The minimum Gasteiger partial charge on any atom is -0.475 e. The molecule has 0 saturated heterocycles. The Kier molecular flexibility index (Phi) is 2.29. The highest BCUT2D eigenvalue weighted by Crippen LogP contribution is 2.29. The van der Waals surface area contributed by atoms with Crippen LogP contribution in [0.4, 0.5) is 0 Å². The Labute approximate surface area is 81.9 Å². The molecule has 2 unspecified atom stereocenters. The lowest BCUT2D eigenvalue weighted by Crippen LogP contribution is -2.16. The van der Waals surface area contributed by atoms with E-state index in [9.17, 15) is 4.79 Å². The van der Waals surface area contributed by atoms with Crippen LogP contribution >= 0.6 is 0 Å². The molecule has 1 aliphatic carbocycles. The molecule has 76 valence electrons. The maximum atomic E-state index is 10.5. The van der Waals surface area contributed by atoms with Crippen LogP contribution in [0.3, 0.4) is 0 Å². The van der Waals surface area contributed by atoms with E-state index in [1.165, 1.54) is 12.5 Å². The molecule has 0 amide bonds. The van der Waals surface area contributed by atoms with Gasteiger partial charge in [-0.3, -0.25) is 0 Å². The summed E-state index contributed by atoms with van der Waals surface area (Å²) in [4.78, 5) is 10.5. The van der Waals surface area contributed by atoms with Crippen LogP contribution in [0, 0.1) is 5.92 Å². The molecule has 1 saturated carbocycles. The van der Waals surface area contributed by atoms with E-state index in [1.54, 1.807) is 6.07 Å². The van der Waals surface area contributed by atoms with Crippen molar-refractivity contribution in [1.29, 1.82) is 0 Å². The monoisotopic (exact) mass is 195 g/mol. The highest BCUT2D eigenvalue weighted by molar-refractivity contribution is 5.84. The van der Waals surface area contributed by atoms with Crippen molar-refractivity contribution in [1.82, 2.24) is 5.32 Å². The third-order valence-electron chi connectivity index (χ3n) is 2.52. The van der Waals surface area contributed by atoms with Crippen molar-refractivity contribution in [2.45, 2.75) is 25.9 Å². The minimum absolute atomic E-state index is 0.00523. The molecule has 0 bridgehead atoms. The van der Waals surface area contributed by atoms with Crippen LogP contribution in [-0.4, -0.2) is 17.1 Å². The smallest absolute Gasteiger partial charge is 0.371 e. The molecular formula is C10H13NO3. The molecule has 4 heteroatoms. The summed E-state index contributed by atoms with van der Waals surface area (Å²) in [5.41, 5.74) is 0. The summed E-state index contributed by atoms with van der Waals surface area (Å²) < 4.78 is 5.10. The van der Waals surface area contributed by atoms with Crippen LogP contribution in [0.5, 0.6) is 0 Å². The molecule has 0 spiro atoms. The fraction of sp³-hybridized carbons (Fsp3) is 0.500. The number of nitrogens with one attached hydrogen (secondary N) is 1. The molecule has 0 aliphatic heterocycles. The second-order valence-electron chi connectivity index (χ2n) is 3.77. The maximum Gasteiger partial charge on any atom is 0.371 e. The topological polar surface area (TPSA) is 62.5 Å². The molecule has 2 atom stereocenters. The molecule has 1 heterocycles. The van der Waals surface area contributed by atoms with Crippen molar-refractivity contribution in [2.75, 3.05) is 0 Å². The highest BCUT2D eigenvalue weighted by Gasteiger charge is 2.31. The fourth-order valence-electron chi connectivity index (χ4n) is 1.43. The Hall–Kier alpha value is -1.29. The van der Waals surface area contributed by atoms with Crippen LogP contribution < -0.4 is 5.32 Å². The van der Waals surface area contributed by atoms with Crippen LogP contribution in [0.2, 0.25) is 0 Å². The first kappa shape index (κ1) is 9.27. The van der Waals surface area contributed by atoms with Gasteiger partial charge in [-0.1, -0.05) is 6.92 Å². The molecule has 1 aliphatic rings. The summed E-state index contributed by atoms with van der Waals surface area (Å²) in [5.74, 6) is 0.409. The second-order valence-corrected chi connectivity index (χ2v) is 3.77. The number of furan rings is 1. The number of aromatic carboxylic acids is 1. The Morgan fingerprint density at radius 3 is 2.93 bits per heavy atom. The van der Waals surface area contributed by atoms with Gasteiger partial charge in [0, 0.05) is 6.04 Å². The first-order valence-electron chi connectivity index (χ1n) is 4.72. The lowest BCUT2D eigenvalue weighted by atomic mass is 10.4. The van der Waals surface area contributed by atoms with Gasteiger partial charge < -0.3 is 14.8 Å². The molecular weight excluding hydrogens is 182 g/mol. The third-order valence-corrected chi connectivity index (χ3v) is 2.52. The van der Waals surface area contributed by atoms with Crippen LogP contribution in [0.15, 0.2) is 16.5 Å². The SMILES string of the molecule is CC1CC1NCc1ccc(C(=O)O)o1. The van der Waals surface area contributed by atoms with Gasteiger partial charge in [0.2, 0.25) is 5.76 Å². The Morgan fingerprint density at radius 1 is 1.71 bits per heavy atom. The molecule has 1 fully saturated rings. The van der Waals surface area contributed by atoms with Gasteiger partial charge in [-0.2, -0.15) is 0 Å². The lowest BCUT2D eigenvalue weighted by molar-refractivity contribution is 0.0660. The zero-order valence-electron chi connectivity index (χ0n) is 7.99. The van der Waals surface area contributed by atoms with E-state index < -0.39 is 5.97 Å². The van der Waals surface area contributed by atoms with Crippen molar-refractivity contribution in [3.63, 3.8) is 0 Å². The normalized spacial score (nSPS) is 24.9. The van der Waals surface area contributed by atoms with E-state index in [0.717, 1.165) is 5.92 Å². The Balaban J connectivity index is 1.87. The summed E-state index contributed by atoms with van der Waals surface area (Å²) in [6.07, 6.45) is 1.20. The van der Waals surface area contributed by atoms with Crippen molar-refractivity contribution in [3.05, 3.63) is 23.7 Å². The number of rotatable bonds is 4. The van der Waals surface area contributed by atoms with E-state index in [-0.39, 0.29) is 5.76 Å². The molecule has 0 aromatic carbocycles. The number of carbonyl (C=O) groups is 1. The van der Waals surface area contributed by atoms with Gasteiger partial charge in [0.05, 0.1) is 6.54 Å². The van der Waals surface area contributed by atoms with Gasteiger partial charge in [0.1, 0.15) is 5.76 Å². The van der Waals surface area contributed by atoms with E-state index in [4.69, 9.17) is 9.52 Å². The quantitative estimate of drug-likeness (QED) is 0.763. The Bertz CT molecular complexity index is 345. The summed E-state index contributed by atoms with van der Waals surface area (Å²) >= 11 is 0. The predicted molar refractivity (Wildman–Crippen MR) is 50.1 cm³/mol. The second kappa shape index (κ2) is 3.46. The maximum absolute atomic E-state index is 10.5. The first-order valence-corrected chi connectivity index (χ1v) is 4.72. The molecule has 0 radical (unpaired) electrons. The van der Waals surface area contributed by atoms with Gasteiger partial charge in [-0.15, -0.1) is 0 Å². The average molecular weight is 195 g/mol. The summed E-state index contributed by atoms with van der Waals surface area (Å²) in [7, 11) is 0. The third kappa shape index (κ3) is 1.96. The van der Waals surface area contributed by atoms with Gasteiger partial charge in [0.25, 0.3) is 0 Å². The van der Waals surface area contributed by atoms with Crippen molar-refractivity contribution < 1.29 is 14.3 Å².